The molecule has 1 saturated heterocycles. The zero-order valence-electron chi connectivity index (χ0n) is 12.3. The number of benzene rings is 1. The fourth-order valence-electron chi connectivity index (χ4n) is 2.62. The van der Waals surface area contributed by atoms with Crippen molar-refractivity contribution in [1.29, 1.82) is 0 Å². The van der Waals surface area contributed by atoms with Gasteiger partial charge in [-0.25, -0.2) is 0 Å². The average molecular weight is 292 g/mol. The van der Waals surface area contributed by atoms with Gasteiger partial charge in [0.15, 0.2) is 0 Å². The van der Waals surface area contributed by atoms with Crippen LogP contribution in [0.5, 0.6) is 0 Å². The number of rotatable bonds is 4. The van der Waals surface area contributed by atoms with E-state index in [0.717, 1.165) is 13.0 Å². The Morgan fingerprint density at radius 2 is 2.29 bits per heavy atom. The van der Waals surface area contributed by atoms with E-state index >= 15 is 0 Å². The molecule has 7 nitrogen and oxygen atoms in total. The van der Waals surface area contributed by atoms with E-state index in [0.29, 0.717) is 18.8 Å². The number of carbonyl (C=O) groups excluding carboxylic acids is 1. The first-order valence-electron chi connectivity index (χ1n) is 6.86. The van der Waals surface area contributed by atoms with Gasteiger partial charge in [-0.3, -0.25) is 14.9 Å². The van der Waals surface area contributed by atoms with Crippen LogP contribution in [0, 0.1) is 15.5 Å². The molecule has 1 aliphatic heterocycles. The number of hydrogen-bond donors (Lipinski definition) is 2. The molecule has 2 rings (SSSR count). The Morgan fingerprint density at radius 1 is 1.57 bits per heavy atom. The number of nitrogens with one attached hydrogen (secondary N) is 1. The molecule has 1 unspecified atom stereocenters. The van der Waals surface area contributed by atoms with E-state index in [4.69, 9.17) is 5.73 Å². The molecule has 114 valence electrons. The zero-order valence-corrected chi connectivity index (χ0v) is 12.3. The lowest BCUT2D eigenvalue weighted by Crippen LogP contribution is -2.31. The number of nitro groups is 1. The summed E-state index contributed by atoms with van der Waals surface area (Å²) in [4.78, 5) is 24.4. The maximum Gasteiger partial charge on any atom is 0.293 e. The molecule has 1 amide bonds. The molecule has 0 saturated carbocycles. The first-order valence-corrected chi connectivity index (χ1v) is 6.86. The van der Waals surface area contributed by atoms with Crippen molar-refractivity contribution in [3.8, 4) is 0 Å². The van der Waals surface area contributed by atoms with Gasteiger partial charge in [0.2, 0.25) is 0 Å². The van der Waals surface area contributed by atoms with Gasteiger partial charge in [0.25, 0.3) is 11.6 Å². The molecule has 0 aromatic heterocycles. The molecule has 1 heterocycles. The summed E-state index contributed by atoms with van der Waals surface area (Å²) in [5.74, 6) is -0.335. The molecule has 0 spiro atoms. The smallest absolute Gasteiger partial charge is 0.293 e. The van der Waals surface area contributed by atoms with E-state index < -0.39 is 4.92 Å². The van der Waals surface area contributed by atoms with E-state index in [1.54, 1.807) is 12.1 Å². The molecule has 7 heteroatoms. The first-order chi connectivity index (χ1) is 9.90. The van der Waals surface area contributed by atoms with Gasteiger partial charge < -0.3 is 16.0 Å². The van der Waals surface area contributed by atoms with Crippen molar-refractivity contribution in [2.24, 2.45) is 11.1 Å². The van der Waals surface area contributed by atoms with Crippen molar-refractivity contribution in [3.05, 3.63) is 33.9 Å². The van der Waals surface area contributed by atoms with Gasteiger partial charge in [-0.1, -0.05) is 6.92 Å². The van der Waals surface area contributed by atoms with Gasteiger partial charge in [-0.05, 0) is 30.5 Å². The van der Waals surface area contributed by atoms with E-state index in [9.17, 15) is 14.9 Å². The Morgan fingerprint density at radius 3 is 2.81 bits per heavy atom. The minimum absolute atomic E-state index is 0.0205. The molecule has 1 aromatic carbocycles. The van der Waals surface area contributed by atoms with Gasteiger partial charge in [0, 0.05) is 31.8 Å². The Balaban J connectivity index is 2.36. The van der Waals surface area contributed by atoms with Gasteiger partial charge in [0.1, 0.15) is 5.69 Å². The SMILES string of the molecule is CNC(=O)c1ccc(N2CCC(C)(CN)C2)c([N+](=O)[O-])c1. The Kier molecular flexibility index (Phi) is 4.13. The lowest BCUT2D eigenvalue weighted by molar-refractivity contribution is -0.384. The number of nitrogens with zero attached hydrogens (tertiary/aromatic N) is 2. The Bertz CT molecular complexity index is 575. The topological polar surface area (TPSA) is 102 Å². The van der Waals surface area contributed by atoms with Crippen LogP contribution in [0.25, 0.3) is 0 Å². The highest BCUT2D eigenvalue weighted by molar-refractivity contribution is 5.95. The van der Waals surface area contributed by atoms with Crippen molar-refractivity contribution in [2.45, 2.75) is 13.3 Å². The van der Waals surface area contributed by atoms with Crippen LogP contribution in [-0.2, 0) is 0 Å². The van der Waals surface area contributed by atoms with E-state index in [1.165, 1.54) is 13.1 Å². The lowest BCUT2D eigenvalue weighted by Gasteiger charge is -2.23. The Labute approximate surface area is 123 Å². The molecule has 0 bridgehead atoms. The highest BCUT2D eigenvalue weighted by atomic mass is 16.6. The van der Waals surface area contributed by atoms with Crippen LogP contribution >= 0.6 is 0 Å². The molecular formula is C14H20N4O3. The molecule has 1 atom stereocenters. The predicted octanol–water partition coefficient (Wildman–Crippen LogP) is 1.13. The van der Waals surface area contributed by atoms with Crippen molar-refractivity contribution < 1.29 is 9.72 Å². The fourth-order valence-corrected chi connectivity index (χ4v) is 2.62. The summed E-state index contributed by atoms with van der Waals surface area (Å²) in [6, 6.07) is 4.58. The third-order valence-electron chi connectivity index (χ3n) is 4.05. The summed E-state index contributed by atoms with van der Waals surface area (Å²) in [5.41, 5.74) is 6.54. The van der Waals surface area contributed by atoms with E-state index in [-0.39, 0.29) is 22.6 Å². The normalized spacial score (nSPS) is 21.4. The van der Waals surface area contributed by atoms with Crippen LogP contribution in [0.15, 0.2) is 18.2 Å². The van der Waals surface area contributed by atoms with Crippen LogP contribution in [-0.4, -0.2) is 37.5 Å². The van der Waals surface area contributed by atoms with Crippen molar-refractivity contribution in [1.82, 2.24) is 5.32 Å². The molecule has 1 aliphatic rings. The van der Waals surface area contributed by atoms with Crippen molar-refractivity contribution >= 4 is 17.3 Å². The fraction of sp³-hybridized carbons (Fsp3) is 0.500. The molecule has 21 heavy (non-hydrogen) atoms. The van der Waals surface area contributed by atoms with Crippen LogP contribution in [0.2, 0.25) is 0 Å². The number of hydrogen-bond acceptors (Lipinski definition) is 5. The van der Waals surface area contributed by atoms with E-state index in [2.05, 4.69) is 12.2 Å². The van der Waals surface area contributed by atoms with Crippen LogP contribution in [0.3, 0.4) is 0 Å². The van der Waals surface area contributed by atoms with Gasteiger partial charge in [0.05, 0.1) is 4.92 Å². The van der Waals surface area contributed by atoms with Crippen LogP contribution in [0.4, 0.5) is 11.4 Å². The summed E-state index contributed by atoms with van der Waals surface area (Å²) >= 11 is 0. The van der Waals surface area contributed by atoms with Crippen LogP contribution < -0.4 is 16.0 Å². The lowest BCUT2D eigenvalue weighted by atomic mass is 9.90. The number of nitrogens with two attached hydrogens (primary N) is 1. The molecular weight excluding hydrogens is 272 g/mol. The molecule has 0 radical (unpaired) electrons. The second-order valence-electron chi connectivity index (χ2n) is 5.73. The highest BCUT2D eigenvalue weighted by Gasteiger charge is 2.35. The third kappa shape index (κ3) is 2.97. The van der Waals surface area contributed by atoms with Crippen molar-refractivity contribution in [3.63, 3.8) is 0 Å². The highest BCUT2D eigenvalue weighted by Crippen LogP contribution is 2.37. The second kappa shape index (κ2) is 5.69. The zero-order chi connectivity index (χ0) is 15.6. The predicted molar refractivity (Wildman–Crippen MR) is 80.5 cm³/mol. The molecule has 1 aromatic rings. The van der Waals surface area contributed by atoms with Gasteiger partial charge in [-0.15, -0.1) is 0 Å². The Hall–Kier alpha value is -2.15. The maximum absolute atomic E-state index is 11.6. The van der Waals surface area contributed by atoms with Crippen LogP contribution in [0.1, 0.15) is 23.7 Å². The van der Waals surface area contributed by atoms with E-state index in [1.807, 2.05) is 4.90 Å². The minimum Gasteiger partial charge on any atom is -0.365 e. The summed E-state index contributed by atoms with van der Waals surface area (Å²) in [5, 5.41) is 13.8. The quantitative estimate of drug-likeness (QED) is 0.640. The van der Waals surface area contributed by atoms with Gasteiger partial charge in [-0.2, -0.15) is 0 Å². The standard InChI is InChI=1S/C14H20N4O3/c1-14(8-15)5-6-17(9-14)11-4-3-10(13(19)16-2)7-12(11)18(20)21/h3-4,7H,5-6,8-9,15H2,1-2H3,(H,16,19). The summed E-state index contributed by atoms with van der Waals surface area (Å²) < 4.78 is 0. The third-order valence-corrected chi connectivity index (χ3v) is 4.05. The largest absolute Gasteiger partial charge is 0.365 e. The summed E-state index contributed by atoms with van der Waals surface area (Å²) in [6.07, 6.45) is 0.901. The minimum atomic E-state index is -0.445. The average Bonchev–Trinajstić information content (AvgIpc) is 2.89. The molecule has 1 fully saturated rings. The number of carbonyl (C=O) groups is 1. The number of nitro benzene ring substituents is 1. The maximum atomic E-state index is 11.6. The number of anilines is 1. The first kappa shape index (κ1) is 15.2. The molecule has 3 N–H and O–H groups in total. The summed E-state index contributed by atoms with van der Waals surface area (Å²) in [6.45, 7) is 4.04. The molecule has 0 aliphatic carbocycles. The van der Waals surface area contributed by atoms with Crippen molar-refractivity contribution in [2.75, 3.05) is 31.6 Å². The monoisotopic (exact) mass is 292 g/mol. The number of amides is 1. The second-order valence-corrected chi connectivity index (χ2v) is 5.73. The van der Waals surface area contributed by atoms with Gasteiger partial charge >= 0.3 is 0 Å². The summed E-state index contributed by atoms with van der Waals surface area (Å²) in [7, 11) is 1.50.